The highest BCUT2D eigenvalue weighted by Crippen LogP contribution is 2.66. The first kappa shape index (κ1) is 17.5. The van der Waals surface area contributed by atoms with Gasteiger partial charge in [0.15, 0.2) is 22.8 Å². The molecule has 2 aromatic rings. The average Bonchev–Trinajstić information content (AvgIpc) is 2.72. The summed E-state index contributed by atoms with van der Waals surface area (Å²) in [4.78, 5) is 3.07. The molecule has 1 unspecified atom stereocenters. The highest BCUT2D eigenvalue weighted by atomic mass is 19.3. The summed E-state index contributed by atoms with van der Waals surface area (Å²) in [6.07, 6.45) is -0.721. The van der Waals surface area contributed by atoms with Gasteiger partial charge in [-0.15, -0.1) is 0 Å². The van der Waals surface area contributed by atoms with Crippen LogP contribution < -0.4 is 9.47 Å². The van der Waals surface area contributed by atoms with E-state index in [1.807, 2.05) is 0 Å². The zero-order valence-corrected chi connectivity index (χ0v) is 13.4. The molecule has 4 rings (SSSR count). The van der Waals surface area contributed by atoms with E-state index in [-0.39, 0.29) is 17.2 Å². The van der Waals surface area contributed by atoms with Crippen molar-refractivity contribution in [3.05, 3.63) is 58.7 Å². The van der Waals surface area contributed by atoms with Gasteiger partial charge in [-0.1, -0.05) is 0 Å². The quantitative estimate of drug-likeness (QED) is 0.594. The summed E-state index contributed by atoms with van der Waals surface area (Å²) in [5, 5.41) is 10.4. The topological polar surface area (TPSA) is 43.0 Å². The largest absolute Gasteiger partial charge is 0.489 e. The Morgan fingerprint density at radius 2 is 1.89 bits per heavy atom. The van der Waals surface area contributed by atoms with Gasteiger partial charge < -0.3 is 14.6 Å². The molecule has 1 heterocycles. The van der Waals surface area contributed by atoms with Crippen LogP contribution in [0.25, 0.3) is 4.85 Å². The summed E-state index contributed by atoms with van der Waals surface area (Å²) in [7, 11) is 0. The minimum absolute atomic E-state index is 0.0738. The molecule has 0 radical (unpaired) electrons. The molecule has 1 aliphatic carbocycles. The summed E-state index contributed by atoms with van der Waals surface area (Å²) in [5.74, 6) is -10.9. The molecule has 0 bridgehead atoms. The van der Waals surface area contributed by atoms with E-state index in [0.717, 1.165) is 24.3 Å². The zero-order chi connectivity index (χ0) is 19.6. The van der Waals surface area contributed by atoms with Crippen molar-refractivity contribution in [2.24, 2.45) is 0 Å². The number of rotatable bonds is 2. The van der Waals surface area contributed by atoms with Gasteiger partial charge in [0.05, 0.1) is 13.2 Å². The fourth-order valence-electron chi connectivity index (χ4n) is 3.43. The van der Waals surface area contributed by atoms with Crippen molar-refractivity contribution in [1.29, 1.82) is 0 Å². The summed E-state index contributed by atoms with van der Waals surface area (Å²) >= 11 is 0. The highest BCUT2D eigenvalue weighted by molar-refractivity contribution is 5.62. The molecule has 0 amide bonds. The van der Waals surface area contributed by atoms with E-state index in [2.05, 4.69) is 4.85 Å². The Bertz CT molecular complexity index is 1000. The summed E-state index contributed by atoms with van der Waals surface area (Å²) in [6, 6.07) is 4.80. The number of nitrogens with zero attached hydrogens (tertiary/aromatic N) is 1. The fraction of sp³-hybridized carbons (Fsp3) is 0.278. The lowest BCUT2D eigenvalue weighted by Crippen LogP contribution is -2.50. The Labute approximate surface area is 149 Å². The van der Waals surface area contributed by atoms with Gasteiger partial charge in [0.1, 0.15) is 11.6 Å². The first-order valence-electron chi connectivity index (χ1n) is 7.76. The van der Waals surface area contributed by atoms with Gasteiger partial charge in [-0.05, 0) is 24.3 Å². The van der Waals surface area contributed by atoms with Crippen molar-refractivity contribution in [1.82, 2.24) is 0 Å². The monoisotopic (exact) mass is 383 g/mol. The maximum absolute atomic E-state index is 14.3. The second-order valence-corrected chi connectivity index (χ2v) is 6.28. The number of halogens is 5. The van der Waals surface area contributed by atoms with Crippen molar-refractivity contribution >= 4 is 5.69 Å². The van der Waals surface area contributed by atoms with E-state index in [9.17, 15) is 27.1 Å². The normalized spacial score (nSPS) is 23.9. The van der Waals surface area contributed by atoms with Crippen molar-refractivity contribution in [2.75, 3.05) is 6.61 Å². The van der Waals surface area contributed by atoms with E-state index in [1.165, 1.54) is 6.07 Å². The van der Waals surface area contributed by atoms with E-state index in [1.54, 1.807) is 0 Å². The molecule has 1 aliphatic heterocycles. The molecule has 27 heavy (non-hydrogen) atoms. The molecular weight excluding hydrogens is 373 g/mol. The van der Waals surface area contributed by atoms with Crippen LogP contribution in [-0.2, 0) is 11.5 Å². The third kappa shape index (κ3) is 2.16. The SMILES string of the molecule is [C-]#[N+]c1cc(F)cc(Oc2ccc3c4c2OCCC4(O)C(F)(F)C3(F)F)c1. The number of hydrogen-bond acceptors (Lipinski definition) is 3. The molecule has 1 N–H and O–H groups in total. The summed E-state index contributed by atoms with van der Waals surface area (Å²) in [6.45, 7) is 6.48. The highest BCUT2D eigenvalue weighted by Gasteiger charge is 2.77. The van der Waals surface area contributed by atoms with Crippen molar-refractivity contribution < 1.29 is 36.5 Å². The summed E-state index contributed by atoms with van der Waals surface area (Å²) < 4.78 is 81.3. The maximum Gasteiger partial charge on any atom is 0.346 e. The van der Waals surface area contributed by atoms with E-state index in [4.69, 9.17) is 16.0 Å². The number of hydrogen-bond donors (Lipinski definition) is 1. The second kappa shape index (κ2) is 5.33. The predicted octanol–water partition coefficient (Wildman–Crippen LogP) is 4.88. The van der Waals surface area contributed by atoms with Gasteiger partial charge in [0.25, 0.3) is 0 Å². The van der Waals surface area contributed by atoms with Gasteiger partial charge in [0.2, 0.25) is 0 Å². The van der Waals surface area contributed by atoms with Crippen LogP contribution in [0.1, 0.15) is 17.5 Å². The second-order valence-electron chi connectivity index (χ2n) is 6.28. The Kier molecular flexibility index (Phi) is 3.46. The van der Waals surface area contributed by atoms with Gasteiger partial charge in [-0.2, -0.15) is 17.6 Å². The molecule has 140 valence electrons. The molecule has 1 atom stereocenters. The van der Waals surface area contributed by atoms with Gasteiger partial charge in [0, 0.05) is 23.6 Å². The van der Waals surface area contributed by atoms with Crippen LogP contribution in [0.5, 0.6) is 17.2 Å². The molecule has 0 fully saturated rings. The lowest BCUT2D eigenvalue weighted by Gasteiger charge is -2.35. The number of benzene rings is 2. The molecule has 0 saturated heterocycles. The lowest BCUT2D eigenvalue weighted by molar-refractivity contribution is -0.290. The van der Waals surface area contributed by atoms with Crippen molar-refractivity contribution in [3.8, 4) is 17.2 Å². The Balaban J connectivity index is 1.87. The lowest BCUT2D eigenvalue weighted by atomic mass is 9.87. The Morgan fingerprint density at radius 3 is 2.59 bits per heavy atom. The van der Waals surface area contributed by atoms with Crippen LogP contribution in [0.15, 0.2) is 30.3 Å². The minimum atomic E-state index is -4.73. The number of alkyl halides is 4. The van der Waals surface area contributed by atoms with Crippen LogP contribution in [0, 0.1) is 12.4 Å². The van der Waals surface area contributed by atoms with Crippen LogP contribution >= 0.6 is 0 Å². The molecule has 9 heteroatoms. The molecule has 2 aromatic carbocycles. The smallest absolute Gasteiger partial charge is 0.346 e. The number of ether oxygens (including phenoxy) is 2. The molecule has 4 nitrogen and oxygen atoms in total. The van der Waals surface area contributed by atoms with E-state index >= 15 is 0 Å². The van der Waals surface area contributed by atoms with Crippen LogP contribution in [0.2, 0.25) is 0 Å². The Morgan fingerprint density at radius 1 is 1.15 bits per heavy atom. The maximum atomic E-state index is 14.3. The first-order chi connectivity index (χ1) is 12.6. The van der Waals surface area contributed by atoms with Gasteiger partial charge in [-0.3, -0.25) is 0 Å². The Hall–Kier alpha value is -2.86. The molecule has 0 saturated carbocycles. The number of aliphatic hydroxyl groups is 1. The third-order valence-corrected chi connectivity index (χ3v) is 4.71. The first-order valence-corrected chi connectivity index (χ1v) is 7.76. The molecule has 0 aromatic heterocycles. The summed E-state index contributed by atoms with van der Waals surface area (Å²) in [5.41, 5.74) is -4.96. The average molecular weight is 383 g/mol. The van der Waals surface area contributed by atoms with E-state index < -0.39 is 53.2 Å². The molecular formula is C18H10F5NO3. The molecule has 2 aliphatic rings. The zero-order valence-electron chi connectivity index (χ0n) is 13.4. The van der Waals surface area contributed by atoms with Crippen LogP contribution in [0.4, 0.5) is 27.6 Å². The van der Waals surface area contributed by atoms with Crippen LogP contribution in [-0.4, -0.2) is 17.6 Å². The van der Waals surface area contributed by atoms with Crippen molar-refractivity contribution in [3.63, 3.8) is 0 Å². The van der Waals surface area contributed by atoms with Crippen molar-refractivity contribution in [2.45, 2.75) is 23.9 Å². The van der Waals surface area contributed by atoms with Gasteiger partial charge >= 0.3 is 11.8 Å². The standard InChI is InChI=1S/C18H10F5NO3/c1-24-10-6-9(19)7-11(8-10)27-13-3-2-12-14-15(13)26-5-4-16(14,25)18(22,23)17(12,20)21/h2-3,6-8,25H,4-5H2. The van der Waals surface area contributed by atoms with Gasteiger partial charge in [-0.25, -0.2) is 9.24 Å². The fourth-order valence-corrected chi connectivity index (χ4v) is 3.43. The predicted molar refractivity (Wildman–Crippen MR) is 82.0 cm³/mol. The molecule has 0 spiro atoms. The van der Waals surface area contributed by atoms with E-state index in [0.29, 0.717) is 0 Å². The minimum Gasteiger partial charge on any atom is -0.489 e. The van der Waals surface area contributed by atoms with Crippen LogP contribution in [0.3, 0.4) is 0 Å². The third-order valence-electron chi connectivity index (χ3n) is 4.71.